The molecular formula is C30H27NO5. The molecule has 1 heterocycles. The van der Waals surface area contributed by atoms with Crippen LogP contribution in [0.5, 0.6) is 0 Å². The van der Waals surface area contributed by atoms with Gasteiger partial charge in [0.05, 0.1) is 24.5 Å². The molecule has 1 N–H and O–H groups in total. The zero-order valence-corrected chi connectivity index (χ0v) is 20.2. The highest BCUT2D eigenvalue weighted by molar-refractivity contribution is 5.90. The summed E-state index contributed by atoms with van der Waals surface area (Å²) in [5.41, 5.74) is 4.88. The number of anilines is 1. The first-order valence-electron chi connectivity index (χ1n) is 11.9. The highest BCUT2D eigenvalue weighted by atomic mass is 16.6. The summed E-state index contributed by atoms with van der Waals surface area (Å²) in [6.07, 6.45) is 2.26. The van der Waals surface area contributed by atoms with Crippen molar-refractivity contribution in [3.8, 4) is 22.5 Å². The van der Waals surface area contributed by atoms with Crippen LogP contribution in [0.25, 0.3) is 22.5 Å². The fourth-order valence-corrected chi connectivity index (χ4v) is 4.45. The predicted molar refractivity (Wildman–Crippen MR) is 137 cm³/mol. The van der Waals surface area contributed by atoms with Crippen molar-refractivity contribution < 1.29 is 23.5 Å². The van der Waals surface area contributed by atoms with Crippen LogP contribution in [0, 0.1) is 0 Å². The first kappa shape index (κ1) is 23.4. The second-order valence-corrected chi connectivity index (χ2v) is 8.98. The topological polar surface area (TPSA) is 77.8 Å². The number of methoxy groups -OCH3 is 1. The third kappa shape index (κ3) is 4.62. The molecule has 182 valence electrons. The summed E-state index contributed by atoms with van der Waals surface area (Å²) in [6, 6.07) is 27.2. The number of rotatable bonds is 7. The molecule has 6 nitrogen and oxygen atoms in total. The van der Waals surface area contributed by atoms with Crippen molar-refractivity contribution in [3.63, 3.8) is 0 Å². The maximum absolute atomic E-state index is 12.5. The summed E-state index contributed by atoms with van der Waals surface area (Å²) in [7, 11) is 1.44. The summed E-state index contributed by atoms with van der Waals surface area (Å²) >= 11 is 0. The number of hydrogen-bond acceptors (Lipinski definition) is 5. The number of esters is 1. The number of hydrogen-bond donors (Lipinski definition) is 1. The number of amides is 1. The molecule has 1 amide bonds. The van der Waals surface area contributed by atoms with Crippen molar-refractivity contribution in [2.24, 2.45) is 0 Å². The monoisotopic (exact) mass is 481 g/mol. The molecule has 1 aliphatic rings. The number of nitrogens with one attached hydrogen (secondary N) is 1. The lowest BCUT2D eigenvalue weighted by molar-refractivity contribution is -0.143. The molecule has 0 spiro atoms. The Morgan fingerprint density at radius 2 is 1.47 bits per heavy atom. The van der Waals surface area contributed by atoms with E-state index in [2.05, 4.69) is 5.32 Å². The molecule has 1 saturated carbocycles. The highest BCUT2D eigenvalue weighted by Gasteiger charge is 2.52. The van der Waals surface area contributed by atoms with E-state index in [1.165, 1.54) is 13.4 Å². The molecule has 36 heavy (non-hydrogen) atoms. The molecule has 1 aliphatic carbocycles. The summed E-state index contributed by atoms with van der Waals surface area (Å²) < 4.78 is 16.2. The van der Waals surface area contributed by atoms with E-state index in [4.69, 9.17) is 13.9 Å². The molecule has 1 fully saturated rings. The average Bonchev–Trinajstić information content (AvgIpc) is 3.61. The molecule has 1 atom stereocenters. The van der Waals surface area contributed by atoms with Gasteiger partial charge in [-0.15, -0.1) is 0 Å². The molecule has 1 aromatic heterocycles. The van der Waals surface area contributed by atoms with Gasteiger partial charge in [-0.05, 0) is 42.0 Å². The minimum Gasteiger partial charge on any atom is -0.468 e. The van der Waals surface area contributed by atoms with E-state index in [-0.39, 0.29) is 12.1 Å². The zero-order valence-electron chi connectivity index (χ0n) is 20.2. The number of furan rings is 1. The minimum atomic E-state index is -0.550. The molecule has 0 radical (unpaired) electrons. The Morgan fingerprint density at radius 3 is 2.08 bits per heavy atom. The van der Waals surface area contributed by atoms with Crippen molar-refractivity contribution in [2.45, 2.75) is 31.3 Å². The van der Waals surface area contributed by atoms with E-state index < -0.39 is 11.5 Å². The van der Waals surface area contributed by atoms with Gasteiger partial charge < -0.3 is 13.9 Å². The Balaban J connectivity index is 1.27. The number of benzene rings is 3. The van der Waals surface area contributed by atoms with Crippen molar-refractivity contribution >= 4 is 17.7 Å². The Morgan fingerprint density at radius 1 is 0.861 bits per heavy atom. The van der Waals surface area contributed by atoms with Crippen LogP contribution in [0.1, 0.15) is 37.0 Å². The normalized spacial score (nSPS) is 14.5. The predicted octanol–water partition coefficient (Wildman–Crippen LogP) is 7.13. The van der Waals surface area contributed by atoms with Crippen LogP contribution in [0.4, 0.5) is 10.5 Å². The van der Waals surface area contributed by atoms with E-state index in [1.807, 2.05) is 85.8 Å². The second-order valence-electron chi connectivity index (χ2n) is 8.98. The second kappa shape index (κ2) is 9.74. The first-order valence-corrected chi connectivity index (χ1v) is 11.9. The van der Waals surface area contributed by atoms with E-state index in [9.17, 15) is 9.59 Å². The Hall–Kier alpha value is -4.32. The quantitative estimate of drug-likeness (QED) is 0.284. The maximum atomic E-state index is 12.5. The Kier molecular flexibility index (Phi) is 6.34. The van der Waals surface area contributed by atoms with Gasteiger partial charge in [-0.25, -0.2) is 4.79 Å². The molecule has 0 aliphatic heterocycles. The number of carbonyl (C=O) groups is 2. The van der Waals surface area contributed by atoms with Crippen LogP contribution in [0.2, 0.25) is 0 Å². The minimum absolute atomic E-state index is 0.166. The van der Waals surface area contributed by atoms with Gasteiger partial charge >= 0.3 is 12.1 Å². The average molecular weight is 482 g/mol. The standard InChI is InChI=1S/C30H27NO5/c1-20(21-6-4-3-5-7-21)36-29(33)31-26-16-19-35-27(26)24-10-8-22(9-11-24)23-12-14-25(15-13-23)30(17-18-30)28(32)34-2/h3-16,19-20H,17-18H2,1-2H3,(H,31,33)/t20-/m1/s1. The van der Waals surface area contributed by atoms with E-state index >= 15 is 0 Å². The molecule has 0 bridgehead atoms. The van der Waals surface area contributed by atoms with Crippen LogP contribution < -0.4 is 5.32 Å². The van der Waals surface area contributed by atoms with Crippen LogP contribution >= 0.6 is 0 Å². The third-order valence-electron chi connectivity index (χ3n) is 6.70. The van der Waals surface area contributed by atoms with Gasteiger partial charge in [0.1, 0.15) is 6.10 Å². The van der Waals surface area contributed by atoms with Crippen LogP contribution in [-0.4, -0.2) is 19.2 Å². The van der Waals surface area contributed by atoms with E-state index in [0.717, 1.165) is 40.7 Å². The third-order valence-corrected chi connectivity index (χ3v) is 6.70. The Bertz CT molecular complexity index is 1350. The Labute approximate surface area is 209 Å². The van der Waals surface area contributed by atoms with Crippen molar-refractivity contribution in [2.75, 3.05) is 12.4 Å². The summed E-state index contributed by atoms with van der Waals surface area (Å²) in [6.45, 7) is 1.83. The van der Waals surface area contributed by atoms with Gasteiger partial charge in [0.2, 0.25) is 0 Å². The molecule has 5 rings (SSSR count). The lowest BCUT2D eigenvalue weighted by Gasteiger charge is -2.14. The lowest BCUT2D eigenvalue weighted by Crippen LogP contribution is -2.21. The van der Waals surface area contributed by atoms with Crippen LogP contribution in [0.3, 0.4) is 0 Å². The summed E-state index contributed by atoms with van der Waals surface area (Å²) in [5.74, 6) is 0.385. The van der Waals surface area contributed by atoms with Crippen molar-refractivity contribution in [1.82, 2.24) is 0 Å². The fourth-order valence-electron chi connectivity index (χ4n) is 4.45. The first-order chi connectivity index (χ1) is 17.5. The molecule has 4 aromatic rings. The number of ether oxygens (including phenoxy) is 2. The summed E-state index contributed by atoms with van der Waals surface area (Å²) in [4.78, 5) is 24.6. The molecular weight excluding hydrogens is 454 g/mol. The molecule has 6 heteroatoms. The molecule has 0 unspecified atom stereocenters. The van der Waals surface area contributed by atoms with Crippen molar-refractivity contribution in [1.29, 1.82) is 0 Å². The van der Waals surface area contributed by atoms with Crippen LogP contribution in [-0.2, 0) is 19.7 Å². The SMILES string of the molecule is COC(=O)C1(c2ccc(-c3ccc(-c4occc4NC(=O)O[C@H](C)c4ccccc4)cc3)cc2)CC1. The van der Waals surface area contributed by atoms with Gasteiger partial charge in [-0.1, -0.05) is 78.9 Å². The fraction of sp³-hybridized carbons (Fsp3) is 0.200. The van der Waals surface area contributed by atoms with Gasteiger partial charge in [0.15, 0.2) is 5.76 Å². The van der Waals surface area contributed by atoms with Crippen LogP contribution in [0.15, 0.2) is 95.6 Å². The smallest absolute Gasteiger partial charge is 0.412 e. The maximum Gasteiger partial charge on any atom is 0.412 e. The lowest BCUT2D eigenvalue weighted by atomic mass is 9.93. The highest BCUT2D eigenvalue weighted by Crippen LogP contribution is 2.49. The van der Waals surface area contributed by atoms with Gasteiger partial charge in [0.25, 0.3) is 0 Å². The van der Waals surface area contributed by atoms with E-state index in [1.54, 1.807) is 6.07 Å². The van der Waals surface area contributed by atoms with Gasteiger partial charge in [-0.3, -0.25) is 10.1 Å². The molecule has 3 aromatic carbocycles. The van der Waals surface area contributed by atoms with Crippen molar-refractivity contribution in [3.05, 3.63) is 102 Å². The number of carbonyl (C=O) groups excluding carboxylic acids is 2. The van der Waals surface area contributed by atoms with Gasteiger partial charge in [0, 0.05) is 11.6 Å². The van der Waals surface area contributed by atoms with Gasteiger partial charge in [-0.2, -0.15) is 0 Å². The largest absolute Gasteiger partial charge is 0.468 e. The summed E-state index contributed by atoms with van der Waals surface area (Å²) in [5, 5.41) is 2.78. The molecule has 0 saturated heterocycles. The zero-order chi connectivity index (χ0) is 25.1. The van der Waals surface area contributed by atoms with E-state index in [0.29, 0.717) is 11.4 Å².